The second-order valence-electron chi connectivity index (χ2n) is 4.77. The van der Waals surface area contributed by atoms with E-state index in [9.17, 15) is 4.79 Å². The predicted molar refractivity (Wildman–Crippen MR) is 91.3 cm³/mol. The van der Waals surface area contributed by atoms with E-state index in [0.717, 1.165) is 26.2 Å². The summed E-state index contributed by atoms with van der Waals surface area (Å²) in [6.45, 7) is 2.02. The Hall–Kier alpha value is -1.26. The first-order chi connectivity index (χ1) is 10.1. The minimum Gasteiger partial charge on any atom is -0.496 e. The van der Waals surface area contributed by atoms with Gasteiger partial charge in [0.15, 0.2) is 0 Å². The molecule has 2 nitrogen and oxygen atoms in total. The minimum absolute atomic E-state index is 0.201. The predicted octanol–water partition coefficient (Wildman–Crippen LogP) is 4.67. The van der Waals surface area contributed by atoms with Crippen molar-refractivity contribution in [1.82, 2.24) is 0 Å². The molecular formula is C17H17BrO2S. The van der Waals surface area contributed by atoms with E-state index in [1.165, 1.54) is 0 Å². The number of benzene rings is 2. The van der Waals surface area contributed by atoms with E-state index in [4.69, 9.17) is 4.74 Å². The van der Waals surface area contributed by atoms with Crippen molar-refractivity contribution in [1.29, 1.82) is 0 Å². The number of hydrogen-bond acceptors (Lipinski definition) is 3. The molecule has 0 unspecified atom stereocenters. The number of ether oxygens (including phenoxy) is 1. The van der Waals surface area contributed by atoms with Crippen LogP contribution in [0.1, 0.15) is 11.1 Å². The first kappa shape index (κ1) is 16.1. The number of rotatable bonds is 6. The fourth-order valence-electron chi connectivity index (χ4n) is 2.00. The standard InChI is InChI=1S/C17H17BrO2S/c1-12-3-8-17(20-2)13(9-12)10-15(19)11-21-16-6-4-14(18)5-7-16/h3-9H,10-11H2,1-2H3. The van der Waals surface area contributed by atoms with Crippen molar-refractivity contribution in [2.45, 2.75) is 18.2 Å². The van der Waals surface area contributed by atoms with Crippen LogP contribution in [0.3, 0.4) is 0 Å². The average Bonchev–Trinajstić information content (AvgIpc) is 2.47. The third-order valence-electron chi connectivity index (χ3n) is 3.04. The normalized spacial score (nSPS) is 10.4. The van der Waals surface area contributed by atoms with Gasteiger partial charge in [-0.2, -0.15) is 0 Å². The van der Waals surface area contributed by atoms with Crippen molar-refractivity contribution in [2.75, 3.05) is 12.9 Å². The zero-order valence-electron chi connectivity index (χ0n) is 12.1. The summed E-state index contributed by atoms with van der Waals surface area (Å²) < 4.78 is 6.36. The lowest BCUT2D eigenvalue weighted by Gasteiger charge is -2.09. The molecule has 0 saturated heterocycles. The van der Waals surface area contributed by atoms with Gasteiger partial charge in [0.2, 0.25) is 0 Å². The van der Waals surface area contributed by atoms with Crippen molar-refractivity contribution in [2.24, 2.45) is 0 Å². The molecule has 0 aromatic heterocycles. The van der Waals surface area contributed by atoms with Crippen LogP contribution in [0.2, 0.25) is 0 Å². The third kappa shape index (κ3) is 4.90. The van der Waals surface area contributed by atoms with E-state index in [1.54, 1.807) is 18.9 Å². The highest BCUT2D eigenvalue weighted by molar-refractivity contribution is 9.10. The Labute approximate surface area is 138 Å². The van der Waals surface area contributed by atoms with Crippen LogP contribution in [0, 0.1) is 6.92 Å². The maximum absolute atomic E-state index is 12.1. The lowest BCUT2D eigenvalue weighted by atomic mass is 10.1. The molecule has 2 rings (SSSR count). The lowest BCUT2D eigenvalue weighted by molar-refractivity contribution is -0.116. The molecule has 0 aliphatic rings. The molecule has 0 bridgehead atoms. The van der Waals surface area contributed by atoms with Crippen molar-refractivity contribution in [3.8, 4) is 5.75 Å². The number of Topliss-reactive ketones (excluding diaryl/α,β-unsaturated/α-hetero) is 1. The molecule has 0 spiro atoms. The Kier molecular flexibility index (Phi) is 5.88. The molecule has 0 aliphatic carbocycles. The smallest absolute Gasteiger partial charge is 0.147 e. The SMILES string of the molecule is COc1ccc(C)cc1CC(=O)CSc1ccc(Br)cc1. The second-order valence-corrected chi connectivity index (χ2v) is 6.74. The largest absolute Gasteiger partial charge is 0.496 e. The van der Waals surface area contributed by atoms with Crippen LogP contribution in [0.25, 0.3) is 0 Å². The molecule has 110 valence electrons. The molecule has 2 aromatic carbocycles. The summed E-state index contributed by atoms with van der Waals surface area (Å²) >= 11 is 4.97. The highest BCUT2D eigenvalue weighted by Crippen LogP contribution is 2.23. The fraction of sp³-hybridized carbons (Fsp3) is 0.235. The zero-order valence-corrected chi connectivity index (χ0v) is 14.5. The molecule has 4 heteroatoms. The third-order valence-corrected chi connectivity index (χ3v) is 4.64. The molecule has 2 aromatic rings. The van der Waals surface area contributed by atoms with Crippen LogP contribution in [-0.4, -0.2) is 18.6 Å². The van der Waals surface area contributed by atoms with Gasteiger partial charge in [-0.25, -0.2) is 0 Å². The Morgan fingerprint density at radius 2 is 1.90 bits per heavy atom. The Balaban J connectivity index is 1.95. The molecular weight excluding hydrogens is 348 g/mol. The summed E-state index contributed by atoms with van der Waals surface area (Å²) in [6, 6.07) is 13.9. The van der Waals surface area contributed by atoms with Gasteiger partial charge in [-0.3, -0.25) is 4.79 Å². The number of ketones is 1. The van der Waals surface area contributed by atoms with Gasteiger partial charge in [0.1, 0.15) is 11.5 Å². The quantitative estimate of drug-likeness (QED) is 0.696. The summed E-state index contributed by atoms with van der Waals surface area (Å²) in [7, 11) is 1.63. The Morgan fingerprint density at radius 1 is 1.19 bits per heavy atom. The number of carbonyl (C=O) groups excluding carboxylic acids is 1. The molecule has 0 amide bonds. The fourth-order valence-corrected chi connectivity index (χ4v) is 3.03. The van der Waals surface area contributed by atoms with E-state index >= 15 is 0 Å². The Bertz CT molecular complexity index is 623. The number of thioether (sulfide) groups is 1. The summed E-state index contributed by atoms with van der Waals surface area (Å²) in [5, 5.41) is 0. The molecule has 0 N–H and O–H groups in total. The molecule has 0 saturated carbocycles. The average molecular weight is 365 g/mol. The first-order valence-electron chi connectivity index (χ1n) is 6.62. The summed E-state index contributed by atoms with van der Waals surface area (Å²) in [4.78, 5) is 13.2. The first-order valence-corrected chi connectivity index (χ1v) is 8.40. The van der Waals surface area contributed by atoms with Gasteiger partial charge in [0.05, 0.1) is 12.9 Å². The van der Waals surface area contributed by atoms with E-state index in [0.29, 0.717) is 12.2 Å². The molecule has 21 heavy (non-hydrogen) atoms. The number of aryl methyl sites for hydroxylation is 1. The maximum Gasteiger partial charge on any atom is 0.147 e. The van der Waals surface area contributed by atoms with E-state index < -0.39 is 0 Å². The van der Waals surface area contributed by atoms with Crippen LogP contribution >= 0.6 is 27.7 Å². The molecule has 0 atom stereocenters. The highest BCUT2D eigenvalue weighted by Gasteiger charge is 2.09. The number of hydrogen-bond donors (Lipinski definition) is 0. The van der Waals surface area contributed by atoms with Gasteiger partial charge >= 0.3 is 0 Å². The zero-order chi connectivity index (χ0) is 15.2. The van der Waals surface area contributed by atoms with Gasteiger partial charge in [0.25, 0.3) is 0 Å². The van der Waals surface area contributed by atoms with Crippen molar-refractivity contribution < 1.29 is 9.53 Å². The van der Waals surface area contributed by atoms with Gasteiger partial charge in [-0.05, 0) is 37.3 Å². The Morgan fingerprint density at radius 3 is 2.57 bits per heavy atom. The van der Waals surface area contributed by atoms with E-state index in [1.807, 2.05) is 49.4 Å². The van der Waals surface area contributed by atoms with Crippen LogP contribution in [-0.2, 0) is 11.2 Å². The topological polar surface area (TPSA) is 26.3 Å². The van der Waals surface area contributed by atoms with Crippen LogP contribution in [0.4, 0.5) is 0 Å². The molecule has 0 heterocycles. The van der Waals surface area contributed by atoms with E-state index in [-0.39, 0.29) is 5.78 Å². The van der Waals surface area contributed by atoms with Crippen LogP contribution in [0.15, 0.2) is 51.8 Å². The lowest BCUT2D eigenvalue weighted by Crippen LogP contribution is -2.07. The van der Waals surface area contributed by atoms with Gasteiger partial charge in [-0.15, -0.1) is 11.8 Å². The summed E-state index contributed by atoms with van der Waals surface area (Å²) in [5.41, 5.74) is 2.10. The highest BCUT2D eigenvalue weighted by atomic mass is 79.9. The van der Waals surface area contributed by atoms with Crippen molar-refractivity contribution >= 4 is 33.5 Å². The maximum atomic E-state index is 12.1. The van der Waals surface area contributed by atoms with Gasteiger partial charge in [0, 0.05) is 21.4 Å². The molecule has 0 aliphatic heterocycles. The van der Waals surface area contributed by atoms with E-state index in [2.05, 4.69) is 15.9 Å². The van der Waals surface area contributed by atoms with Gasteiger partial charge < -0.3 is 4.74 Å². The number of methoxy groups -OCH3 is 1. The minimum atomic E-state index is 0.201. The van der Waals surface area contributed by atoms with Crippen molar-refractivity contribution in [3.05, 3.63) is 58.1 Å². The van der Waals surface area contributed by atoms with Gasteiger partial charge in [-0.1, -0.05) is 33.6 Å². The van der Waals surface area contributed by atoms with Crippen molar-refractivity contribution in [3.63, 3.8) is 0 Å². The monoisotopic (exact) mass is 364 g/mol. The number of carbonyl (C=O) groups is 1. The summed E-state index contributed by atoms with van der Waals surface area (Å²) in [6.07, 6.45) is 0.411. The summed E-state index contributed by atoms with van der Waals surface area (Å²) in [5.74, 6) is 1.45. The number of halogens is 1. The second kappa shape index (κ2) is 7.66. The van der Waals surface area contributed by atoms with Crippen LogP contribution in [0.5, 0.6) is 5.75 Å². The molecule has 0 fully saturated rings. The molecule has 0 radical (unpaired) electrons. The van der Waals surface area contributed by atoms with Crippen LogP contribution < -0.4 is 4.74 Å².